The van der Waals surface area contributed by atoms with E-state index in [1.807, 2.05) is 12.1 Å². The molecule has 8 rings (SSSR count). The molecule has 52 heavy (non-hydrogen) atoms. The minimum absolute atomic E-state index is 0.193. The number of rotatable bonds is 7. The van der Waals surface area contributed by atoms with Crippen molar-refractivity contribution in [3.63, 3.8) is 0 Å². The predicted molar refractivity (Wildman–Crippen MR) is 218 cm³/mol. The molecule has 0 fully saturated rings. The van der Waals surface area contributed by atoms with Crippen molar-refractivity contribution in [3.8, 4) is 34.1 Å². The summed E-state index contributed by atoms with van der Waals surface area (Å²) in [7, 11) is -2.66. The van der Waals surface area contributed by atoms with Crippen LogP contribution in [0.1, 0.15) is 44.5 Å². The molecule has 4 nitrogen and oxygen atoms in total. The van der Waals surface area contributed by atoms with E-state index in [1.165, 1.54) is 65.7 Å². The monoisotopic (exact) mass is 722 g/mol. The summed E-state index contributed by atoms with van der Waals surface area (Å²) in [4.78, 5) is 0. The van der Waals surface area contributed by atoms with Crippen molar-refractivity contribution in [2.45, 2.75) is 60.7 Å². The third kappa shape index (κ3) is 6.27. The van der Waals surface area contributed by atoms with Crippen molar-refractivity contribution in [2.24, 2.45) is 0 Å². The number of hydrogen-bond acceptors (Lipinski definition) is 4. The van der Waals surface area contributed by atoms with Crippen LogP contribution in [0.2, 0.25) is 0 Å². The lowest BCUT2D eigenvalue weighted by Crippen LogP contribution is -2.46. The molecule has 2 aliphatic rings. The van der Waals surface area contributed by atoms with Crippen LogP contribution in [0.4, 0.5) is 0 Å². The smallest absolute Gasteiger partial charge is 0.301 e. The lowest BCUT2D eigenvalue weighted by atomic mass is 10.0. The summed E-state index contributed by atoms with van der Waals surface area (Å²) in [6, 6.07) is 40.1. The third-order valence-electron chi connectivity index (χ3n) is 9.57. The van der Waals surface area contributed by atoms with E-state index in [4.69, 9.17) is 18.9 Å². The first-order valence-corrected chi connectivity index (χ1v) is 20.5. The van der Waals surface area contributed by atoms with Gasteiger partial charge in [0.2, 0.25) is 6.79 Å². The number of aryl methyl sites for hydroxylation is 8. The largest absolute Gasteiger partial charge is 0.454 e. The molecule has 0 saturated carbocycles. The highest BCUT2D eigenvalue weighted by Gasteiger charge is 2.58. The molecule has 0 amide bonds. The highest BCUT2D eigenvalue weighted by Crippen LogP contribution is 2.70. The Morgan fingerprint density at radius 1 is 0.404 bits per heavy atom. The Bertz CT molecular complexity index is 2070. The molecule has 0 saturated heterocycles. The highest BCUT2D eigenvalue weighted by atomic mass is 31.2. The third-order valence-corrected chi connectivity index (χ3v) is 15.4. The van der Waals surface area contributed by atoms with Gasteiger partial charge >= 0.3 is 5.27 Å². The van der Waals surface area contributed by atoms with Crippen LogP contribution in [-0.4, -0.2) is 12.1 Å². The number of benzene rings is 6. The van der Waals surface area contributed by atoms with Gasteiger partial charge in [0, 0.05) is 11.1 Å². The Balaban J connectivity index is 1.48. The van der Waals surface area contributed by atoms with Crippen LogP contribution in [0.15, 0.2) is 109 Å². The van der Waals surface area contributed by atoms with Gasteiger partial charge in [0.05, 0.1) is 15.8 Å². The zero-order valence-corrected chi connectivity index (χ0v) is 32.9. The van der Waals surface area contributed by atoms with Crippen molar-refractivity contribution in [2.75, 3.05) is 6.79 Å². The van der Waals surface area contributed by atoms with Crippen LogP contribution < -0.4 is 40.2 Å². The molecule has 2 aliphatic heterocycles. The van der Waals surface area contributed by atoms with Gasteiger partial charge in [-0.2, -0.15) is 0 Å². The van der Waals surface area contributed by atoms with Crippen LogP contribution in [0.25, 0.3) is 11.1 Å². The molecule has 0 aliphatic carbocycles. The Morgan fingerprint density at radius 3 is 1.17 bits per heavy atom. The van der Waals surface area contributed by atoms with Gasteiger partial charge in [0.25, 0.3) is 0 Å². The maximum Gasteiger partial charge on any atom is 0.301 e. The zero-order valence-electron chi connectivity index (χ0n) is 31.1. The highest BCUT2D eigenvalue weighted by molar-refractivity contribution is 7.90. The Labute approximate surface area is 310 Å². The minimum atomic E-state index is -1.33. The van der Waals surface area contributed by atoms with Gasteiger partial charge in [-0.1, -0.05) is 142 Å². The second-order valence-electron chi connectivity index (χ2n) is 14.5. The summed E-state index contributed by atoms with van der Waals surface area (Å²) >= 11 is 0. The van der Waals surface area contributed by atoms with Gasteiger partial charge in [-0.15, -0.1) is 0 Å². The summed E-state index contributed by atoms with van der Waals surface area (Å²) in [5, 5.41) is 3.78. The maximum absolute atomic E-state index is 7.84. The average Bonchev–Trinajstić information content (AvgIpc) is 3.69. The molecular formula is C46H44O4P2. The Kier molecular flexibility index (Phi) is 8.89. The van der Waals surface area contributed by atoms with E-state index in [2.05, 4.69) is 152 Å². The molecule has 0 bridgehead atoms. The molecule has 0 unspecified atom stereocenters. The molecule has 0 spiro atoms. The molecule has 0 N–H and O–H groups in total. The summed E-state index contributed by atoms with van der Waals surface area (Å²) in [5.41, 5.74) is 11.6. The topological polar surface area (TPSA) is 36.9 Å². The van der Waals surface area contributed by atoms with Gasteiger partial charge in [-0.05, 0) is 88.7 Å². The molecule has 0 aromatic heterocycles. The first kappa shape index (κ1) is 34.5. The van der Waals surface area contributed by atoms with E-state index in [-0.39, 0.29) is 6.79 Å². The van der Waals surface area contributed by atoms with E-state index in [0.717, 1.165) is 34.1 Å². The predicted octanol–water partition coefficient (Wildman–Crippen LogP) is 10.2. The second kappa shape index (κ2) is 13.4. The van der Waals surface area contributed by atoms with E-state index >= 15 is 0 Å². The fourth-order valence-electron chi connectivity index (χ4n) is 7.91. The first-order chi connectivity index (χ1) is 25.0. The molecule has 6 heteroatoms. The Morgan fingerprint density at radius 2 is 0.769 bits per heavy atom. The van der Waals surface area contributed by atoms with Gasteiger partial charge in [-0.3, -0.25) is 0 Å². The SMILES string of the molecule is Cc1cc(C)cc(P(c2cc(C)cc(C)c2)C2(P(c3cc(C)cc(C)c3)c3cc(C)cc(C)c3)Oc3cccc(-c4cccc5c4OCO5)c3O2)c1. The number of hydrogen-bond donors (Lipinski definition) is 0. The average molecular weight is 723 g/mol. The number of ether oxygens (including phenoxy) is 4. The van der Waals surface area contributed by atoms with Gasteiger partial charge in [0.15, 0.2) is 23.0 Å². The summed E-state index contributed by atoms with van der Waals surface area (Å²) < 4.78 is 27.4. The molecule has 262 valence electrons. The fourth-order valence-corrected chi connectivity index (χ4v) is 15.4. The minimum Gasteiger partial charge on any atom is -0.454 e. The zero-order chi connectivity index (χ0) is 36.3. The van der Waals surface area contributed by atoms with E-state index < -0.39 is 21.1 Å². The number of para-hydroxylation sites is 2. The lowest BCUT2D eigenvalue weighted by molar-refractivity contribution is 0.0922. The molecule has 0 radical (unpaired) electrons. The molecule has 6 aromatic rings. The fraction of sp³-hybridized carbons (Fsp3) is 0.217. The van der Waals surface area contributed by atoms with Crippen LogP contribution >= 0.6 is 15.8 Å². The standard InChI is InChI=1S/C46H44O4P2/c1-28-15-29(2)20-36(19-28)51(37-21-30(3)16-31(4)22-37)46(52(38-23-32(5)17-33(6)24-38)39-25-34(7)18-35(8)26-39)49-43-14-10-12-41(45(43)50-46)40-11-9-13-42-44(40)48-27-47-42/h9-26H,27H2,1-8H3. The van der Waals surface area contributed by atoms with Crippen LogP contribution in [-0.2, 0) is 0 Å². The van der Waals surface area contributed by atoms with Gasteiger partial charge in [0.1, 0.15) is 0 Å². The van der Waals surface area contributed by atoms with Gasteiger partial charge < -0.3 is 18.9 Å². The van der Waals surface area contributed by atoms with E-state index in [1.54, 1.807) is 0 Å². The summed E-state index contributed by atoms with van der Waals surface area (Å²) in [6.45, 7) is 17.7. The molecule has 0 atom stereocenters. The normalized spacial score (nSPS) is 14.0. The van der Waals surface area contributed by atoms with E-state index in [9.17, 15) is 0 Å². The first-order valence-electron chi connectivity index (χ1n) is 17.8. The van der Waals surface area contributed by atoms with Crippen molar-refractivity contribution >= 4 is 37.1 Å². The van der Waals surface area contributed by atoms with Crippen molar-refractivity contribution in [3.05, 3.63) is 154 Å². The number of fused-ring (bicyclic) bond motifs is 2. The van der Waals surface area contributed by atoms with Crippen LogP contribution in [0.3, 0.4) is 0 Å². The second-order valence-corrected chi connectivity index (χ2v) is 19.4. The van der Waals surface area contributed by atoms with Crippen LogP contribution in [0, 0.1) is 55.4 Å². The lowest BCUT2D eigenvalue weighted by Gasteiger charge is -2.43. The summed E-state index contributed by atoms with van der Waals surface area (Å²) in [5.74, 6) is 2.93. The van der Waals surface area contributed by atoms with Crippen molar-refractivity contribution in [1.82, 2.24) is 0 Å². The van der Waals surface area contributed by atoms with Crippen LogP contribution in [0.5, 0.6) is 23.0 Å². The van der Waals surface area contributed by atoms with Gasteiger partial charge in [-0.25, -0.2) is 0 Å². The molecule has 6 aromatic carbocycles. The Hall–Kier alpha value is -4.62. The van der Waals surface area contributed by atoms with Crippen molar-refractivity contribution < 1.29 is 18.9 Å². The maximum atomic E-state index is 7.84. The van der Waals surface area contributed by atoms with Crippen molar-refractivity contribution in [1.29, 1.82) is 0 Å². The summed E-state index contributed by atoms with van der Waals surface area (Å²) in [6.07, 6.45) is 0. The quantitative estimate of drug-likeness (QED) is 0.154. The van der Waals surface area contributed by atoms with E-state index in [0.29, 0.717) is 0 Å². The molecule has 2 heterocycles. The molecular weight excluding hydrogens is 678 g/mol.